The predicted molar refractivity (Wildman–Crippen MR) is 225 cm³/mol. The summed E-state index contributed by atoms with van der Waals surface area (Å²) in [6, 6.07) is 67.9. The first kappa shape index (κ1) is 28.0. The Morgan fingerprint density at radius 1 is 0.212 bits per heavy atom. The Morgan fingerprint density at radius 3 is 1.33 bits per heavy atom. The summed E-state index contributed by atoms with van der Waals surface area (Å²) in [5, 5.41) is 21.1. The van der Waals surface area contributed by atoms with Crippen molar-refractivity contribution in [2.75, 3.05) is 0 Å². The van der Waals surface area contributed by atoms with Crippen LogP contribution in [0.2, 0.25) is 0 Å². The van der Waals surface area contributed by atoms with Gasteiger partial charge in [0.05, 0.1) is 0 Å². The second-order valence-electron chi connectivity index (χ2n) is 14.3. The highest BCUT2D eigenvalue weighted by Crippen LogP contribution is 2.54. The van der Waals surface area contributed by atoms with Crippen molar-refractivity contribution in [3.05, 3.63) is 182 Å². The van der Waals surface area contributed by atoms with E-state index in [1.165, 1.54) is 120 Å². The molecule has 0 fully saturated rings. The van der Waals surface area contributed by atoms with Crippen molar-refractivity contribution >= 4 is 86.2 Å². The molecule has 0 heterocycles. The first-order valence-electron chi connectivity index (χ1n) is 18.2. The van der Waals surface area contributed by atoms with Crippen LogP contribution in [0.25, 0.3) is 120 Å². The van der Waals surface area contributed by atoms with Crippen LogP contribution in [0.1, 0.15) is 0 Å². The smallest absolute Gasteiger partial charge is 0.000719 e. The zero-order chi connectivity index (χ0) is 33.9. The molecule has 238 valence electrons. The lowest BCUT2D eigenvalue weighted by Gasteiger charge is -2.17. The molecule has 0 nitrogen and oxygen atoms in total. The van der Waals surface area contributed by atoms with Crippen LogP contribution >= 0.6 is 0 Å². The molecule has 0 radical (unpaired) electrons. The zero-order valence-electron chi connectivity index (χ0n) is 28.3. The minimum absolute atomic E-state index is 1.24. The van der Waals surface area contributed by atoms with Crippen molar-refractivity contribution in [2.24, 2.45) is 0 Å². The molecule has 0 bridgehead atoms. The highest BCUT2D eigenvalue weighted by molar-refractivity contribution is 6.44. The lowest BCUT2D eigenvalue weighted by atomic mass is 9.85. The van der Waals surface area contributed by atoms with Gasteiger partial charge in [0.2, 0.25) is 0 Å². The van der Waals surface area contributed by atoms with Gasteiger partial charge in [-0.25, -0.2) is 0 Å². The maximum Gasteiger partial charge on any atom is -0.000719 e. The highest BCUT2D eigenvalue weighted by atomic mass is 14.3. The van der Waals surface area contributed by atoms with Crippen LogP contribution in [0.4, 0.5) is 0 Å². The summed E-state index contributed by atoms with van der Waals surface area (Å²) in [5.41, 5.74) is 7.63. The molecular weight excluding hydrogens is 625 g/mol. The van der Waals surface area contributed by atoms with Crippen LogP contribution in [0.15, 0.2) is 182 Å². The molecule has 0 spiro atoms. The Morgan fingerprint density at radius 2 is 0.712 bits per heavy atom. The van der Waals surface area contributed by atoms with Gasteiger partial charge in [-0.2, -0.15) is 0 Å². The molecule has 0 aliphatic carbocycles. The summed E-state index contributed by atoms with van der Waals surface area (Å²) in [7, 11) is 0. The molecule has 0 aromatic heterocycles. The van der Waals surface area contributed by atoms with Crippen LogP contribution in [0.3, 0.4) is 0 Å². The number of hydrogen-bond donors (Lipinski definition) is 0. The monoisotopic (exact) mass is 654 g/mol. The van der Waals surface area contributed by atoms with E-state index in [4.69, 9.17) is 0 Å². The van der Waals surface area contributed by atoms with Crippen LogP contribution in [0, 0.1) is 0 Å². The molecule has 52 heavy (non-hydrogen) atoms. The SMILES string of the molecule is c1ccc(-c2c3cc4c(cc3c(-c3ccccc3)c3c5cc6ccccc6c6c(-c7ccccc7)ccc(c23)c56)c2cccc3cccc4c32)cc1. The van der Waals surface area contributed by atoms with Gasteiger partial charge in [0.1, 0.15) is 0 Å². The van der Waals surface area contributed by atoms with Gasteiger partial charge in [-0.15, -0.1) is 0 Å². The molecule has 0 heteroatoms. The number of rotatable bonds is 3. The molecule has 0 saturated carbocycles. The third-order valence-corrected chi connectivity index (χ3v) is 11.7. The van der Waals surface area contributed by atoms with Gasteiger partial charge in [0.25, 0.3) is 0 Å². The van der Waals surface area contributed by atoms with Crippen molar-refractivity contribution in [3.63, 3.8) is 0 Å². The van der Waals surface area contributed by atoms with E-state index in [1.807, 2.05) is 0 Å². The van der Waals surface area contributed by atoms with Crippen molar-refractivity contribution in [1.29, 1.82) is 0 Å². The van der Waals surface area contributed by atoms with E-state index in [9.17, 15) is 0 Å². The van der Waals surface area contributed by atoms with Crippen LogP contribution in [0.5, 0.6) is 0 Å². The van der Waals surface area contributed by atoms with Gasteiger partial charge in [0.15, 0.2) is 0 Å². The molecule has 0 aliphatic heterocycles. The molecule has 0 N–H and O–H groups in total. The quantitative estimate of drug-likeness (QED) is 0.166. The topological polar surface area (TPSA) is 0 Å². The summed E-state index contributed by atoms with van der Waals surface area (Å²) in [6.45, 7) is 0. The summed E-state index contributed by atoms with van der Waals surface area (Å²) >= 11 is 0. The third-order valence-electron chi connectivity index (χ3n) is 11.7. The molecule has 12 aromatic carbocycles. The van der Waals surface area contributed by atoms with E-state index in [0.717, 1.165) is 0 Å². The van der Waals surface area contributed by atoms with Crippen molar-refractivity contribution in [1.82, 2.24) is 0 Å². The number of benzene rings is 10. The number of hydrogen-bond acceptors (Lipinski definition) is 0. The Bertz CT molecular complexity index is 3350. The molecule has 0 unspecified atom stereocenters. The summed E-state index contributed by atoms with van der Waals surface area (Å²) in [5.74, 6) is 0. The maximum atomic E-state index is 2.52. The predicted octanol–water partition coefficient (Wildman–Crippen LogP) is 14.8. The van der Waals surface area contributed by atoms with Gasteiger partial charge >= 0.3 is 0 Å². The first-order chi connectivity index (χ1) is 25.8. The minimum Gasteiger partial charge on any atom is -0.0622 e. The fourth-order valence-corrected chi connectivity index (χ4v) is 9.62. The Kier molecular flexibility index (Phi) is 5.59. The average Bonchev–Trinajstić information content (AvgIpc) is 3.70. The molecule has 0 amide bonds. The van der Waals surface area contributed by atoms with E-state index in [1.54, 1.807) is 0 Å². The lowest BCUT2D eigenvalue weighted by molar-refractivity contribution is 1.67. The van der Waals surface area contributed by atoms with Crippen LogP contribution < -0.4 is 0 Å². The van der Waals surface area contributed by atoms with E-state index in [2.05, 4.69) is 182 Å². The second-order valence-corrected chi connectivity index (χ2v) is 14.3. The van der Waals surface area contributed by atoms with Crippen LogP contribution in [-0.2, 0) is 0 Å². The van der Waals surface area contributed by atoms with Gasteiger partial charge in [-0.3, -0.25) is 0 Å². The first-order valence-corrected chi connectivity index (χ1v) is 18.2. The molecular formula is C52H30. The highest BCUT2D eigenvalue weighted by Gasteiger charge is 2.26. The Balaban J connectivity index is 1.41. The fraction of sp³-hybridized carbons (Fsp3) is 0. The normalized spacial score (nSPS) is 12.2. The summed E-state index contributed by atoms with van der Waals surface area (Å²) < 4.78 is 0. The largest absolute Gasteiger partial charge is 0.0622 e. The third kappa shape index (κ3) is 3.66. The Hall–Kier alpha value is -6.76. The molecule has 0 saturated heterocycles. The molecule has 12 aromatic rings. The number of fused-ring (bicyclic) bond motifs is 9. The second kappa shape index (κ2) is 10.4. The van der Waals surface area contributed by atoms with E-state index < -0.39 is 0 Å². The van der Waals surface area contributed by atoms with E-state index in [-0.39, 0.29) is 0 Å². The Labute approximate surface area is 300 Å². The van der Waals surface area contributed by atoms with Crippen molar-refractivity contribution in [2.45, 2.75) is 0 Å². The molecule has 0 atom stereocenters. The minimum atomic E-state index is 1.24. The fourth-order valence-electron chi connectivity index (χ4n) is 9.62. The molecule has 0 aliphatic rings. The van der Waals surface area contributed by atoms with Gasteiger partial charge in [-0.05, 0) is 138 Å². The summed E-state index contributed by atoms with van der Waals surface area (Å²) in [4.78, 5) is 0. The zero-order valence-corrected chi connectivity index (χ0v) is 28.3. The van der Waals surface area contributed by atoms with E-state index in [0.29, 0.717) is 0 Å². The van der Waals surface area contributed by atoms with Crippen molar-refractivity contribution < 1.29 is 0 Å². The standard InChI is InChI=1S/C52H30/c1-4-14-31(15-5-1)37-26-27-40-50-45(28-35-20-10-11-23-36(35)49(37)50)52-48(34-18-8-3-9-19-34)44-30-42-39-25-13-22-32-21-12-24-38(46(32)39)41(42)29-43(44)47(51(40)52)33-16-6-2-7-17-33/h1-30H. The van der Waals surface area contributed by atoms with Crippen molar-refractivity contribution in [3.8, 4) is 33.4 Å². The van der Waals surface area contributed by atoms with Gasteiger partial charge < -0.3 is 0 Å². The molecule has 12 rings (SSSR count). The maximum absolute atomic E-state index is 2.52. The van der Waals surface area contributed by atoms with E-state index >= 15 is 0 Å². The van der Waals surface area contributed by atoms with Gasteiger partial charge in [0, 0.05) is 0 Å². The van der Waals surface area contributed by atoms with Crippen LogP contribution in [-0.4, -0.2) is 0 Å². The lowest BCUT2D eigenvalue weighted by Crippen LogP contribution is -1.89. The summed E-state index contributed by atoms with van der Waals surface area (Å²) in [6.07, 6.45) is 0. The average molecular weight is 655 g/mol. The van der Waals surface area contributed by atoms with Gasteiger partial charge in [-0.1, -0.05) is 164 Å².